The highest BCUT2D eigenvalue weighted by molar-refractivity contribution is 6.01. The van der Waals surface area contributed by atoms with E-state index < -0.39 is 12.2 Å². The Hall–Kier alpha value is -3.75. The molecule has 9 heteroatoms. The average Bonchev–Trinajstić information content (AvgIpc) is 2.88. The third-order valence-electron chi connectivity index (χ3n) is 5.49. The first kappa shape index (κ1) is 23.9. The normalized spacial score (nSPS) is 16.1. The van der Waals surface area contributed by atoms with Crippen molar-refractivity contribution in [3.8, 4) is 11.5 Å². The molecule has 1 aliphatic heterocycles. The predicted molar refractivity (Wildman–Crippen MR) is 123 cm³/mol. The maximum Gasteiger partial charge on any atom is 0.407 e. The van der Waals surface area contributed by atoms with Crippen LogP contribution in [0.1, 0.15) is 35.4 Å². The lowest BCUT2D eigenvalue weighted by Gasteiger charge is -2.24. The number of benzene rings is 2. The fourth-order valence-corrected chi connectivity index (χ4v) is 3.74. The lowest BCUT2D eigenvalue weighted by atomic mass is 10.0. The molecule has 0 saturated carbocycles. The van der Waals surface area contributed by atoms with E-state index in [0.717, 1.165) is 0 Å². The number of carbonyl (C=O) groups excluding carboxylic acids is 3. The molecule has 0 spiro atoms. The largest absolute Gasteiger partial charge is 0.493 e. The molecule has 0 aliphatic carbocycles. The third-order valence-corrected chi connectivity index (χ3v) is 5.49. The Kier molecular flexibility index (Phi) is 7.76. The summed E-state index contributed by atoms with van der Waals surface area (Å²) in [5.74, 6) is 0.330. The number of amides is 3. The van der Waals surface area contributed by atoms with Gasteiger partial charge in [0.05, 0.1) is 19.9 Å². The van der Waals surface area contributed by atoms with Gasteiger partial charge in [-0.05, 0) is 31.2 Å². The maximum atomic E-state index is 13.3. The van der Waals surface area contributed by atoms with Crippen molar-refractivity contribution in [3.63, 3.8) is 0 Å². The zero-order chi connectivity index (χ0) is 24.0. The highest BCUT2D eigenvalue weighted by Gasteiger charge is 2.30. The number of para-hydroxylation sites is 1. The van der Waals surface area contributed by atoms with E-state index in [1.807, 2.05) is 18.2 Å². The number of alkyl carbamates (subject to hydrolysis) is 1. The van der Waals surface area contributed by atoms with Crippen LogP contribution < -0.4 is 19.7 Å². The van der Waals surface area contributed by atoms with Crippen LogP contribution in [0.15, 0.2) is 42.5 Å². The van der Waals surface area contributed by atoms with Crippen molar-refractivity contribution in [3.05, 3.63) is 53.6 Å². The summed E-state index contributed by atoms with van der Waals surface area (Å²) in [6.07, 6.45) is -0.862. The molecule has 3 rings (SSSR count). The van der Waals surface area contributed by atoms with Crippen LogP contribution in [-0.2, 0) is 9.53 Å². The summed E-state index contributed by atoms with van der Waals surface area (Å²) in [4.78, 5) is 41.5. The smallest absolute Gasteiger partial charge is 0.407 e. The van der Waals surface area contributed by atoms with Crippen LogP contribution >= 0.6 is 0 Å². The number of rotatable bonds is 5. The number of fused-ring (bicyclic) bond motifs is 1. The SMILES string of the molecule is CCNC(=O)OC1CCN(C(=O)c2ccc(OC)c(OC)c2)CC(=O)N(C)c2ccccc21. The molecule has 9 nitrogen and oxygen atoms in total. The fraction of sp³-hybridized carbons (Fsp3) is 0.375. The lowest BCUT2D eigenvalue weighted by Crippen LogP contribution is -2.41. The van der Waals surface area contributed by atoms with Crippen LogP contribution in [-0.4, -0.2) is 63.7 Å². The molecule has 2 aromatic rings. The van der Waals surface area contributed by atoms with Crippen molar-refractivity contribution in [2.24, 2.45) is 0 Å². The molecule has 1 atom stereocenters. The topological polar surface area (TPSA) is 97.4 Å². The summed E-state index contributed by atoms with van der Waals surface area (Å²) < 4.78 is 16.2. The highest BCUT2D eigenvalue weighted by atomic mass is 16.6. The van der Waals surface area contributed by atoms with Crippen LogP contribution in [0.2, 0.25) is 0 Å². The molecule has 1 unspecified atom stereocenters. The van der Waals surface area contributed by atoms with E-state index in [2.05, 4.69) is 5.32 Å². The van der Waals surface area contributed by atoms with Gasteiger partial charge in [-0.3, -0.25) is 9.59 Å². The van der Waals surface area contributed by atoms with Gasteiger partial charge in [0.2, 0.25) is 5.91 Å². The highest BCUT2D eigenvalue weighted by Crippen LogP contribution is 2.33. The molecule has 2 aromatic carbocycles. The van der Waals surface area contributed by atoms with Crippen molar-refractivity contribution in [2.45, 2.75) is 19.4 Å². The summed E-state index contributed by atoms with van der Waals surface area (Å²) in [5.41, 5.74) is 1.71. The molecule has 1 aliphatic rings. The van der Waals surface area contributed by atoms with Crippen LogP contribution in [0.3, 0.4) is 0 Å². The average molecular weight is 456 g/mol. The molecule has 3 amide bonds. The minimum Gasteiger partial charge on any atom is -0.493 e. The number of nitrogens with zero attached hydrogens (tertiary/aromatic N) is 2. The van der Waals surface area contributed by atoms with Crippen LogP contribution in [0, 0.1) is 0 Å². The lowest BCUT2D eigenvalue weighted by molar-refractivity contribution is -0.119. The van der Waals surface area contributed by atoms with Gasteiger partial charge in [0.25, 0.3) is 5.91 Å². The van der Waals surface area contributed by atoms with E-state index in [1.165, 1.54) is 24.0 Å². The van der Waals surface area contributed by atoms with Gasteiger partial charge >= 0.3 is 6.09 Å². The molecule has 1 N–H and O–H groups in total. The molecule has 176 valence electrons. The number of nitrogens with one attached hydrogen (secondary N) is 1. The van der Waals surface area contributed by atoms with Crippen molar-refractivity contribution in [1.82, 2.24) is 10.2 Å². The minimum atomic E-state index is -0.637. The molecule has 0 bridgehead atoms. The number of hydrogen-bond acceptors (Lipinski definition) is 6. The monoisotopic (exact) mass is 455 g/mol. The summed E-state index contributed by atoms with van der Waals surface area (Å²) in [6, 6.07) is 12.1. The van der Waals surface area contributed by atoms with Gasteiger partial charge in [-0.2, -0.15) is 0 Å². The standard InChI is InChI=1S/C24H29N3O6/c1-5-25-24(30)33-19-12-13-27(15-22(28)26(2)18-9-7-6-8-17(18)19)23(29)16-10-11-20(31-3)21(14-16)32-4/h6-11,14,19H,5,12-13,15H2,1-4H3,(H,25,30). The summed E-state index contributed by atoms with van der Waals surface area (Å²) in [6.45, 7) is 2.32. The Bertz CT molecular complexity index is 1030. The molecule has 0 aromatic heterocycles. The number of carbonyl (C=O) groups is 3. The molecule has 1 heterocycles. The van der Waals surface area contributed by atoms with Gasteiger partial charge < -0.3 is 29.3 Å². The molecular weight excluding hydrogens is 426 g/mol. The Morgan fingerprint density at radius 3 is 2.52 bits per heavy atom. The first-order valence-corrected chi connectivity index (χ1v) is 10.7. The molecular formula is C24H29N3O6. The van der Waals surface area contributed by atoms with Crippen molar-refractivity contribution >= 4 is 23.6 Å². The van der Waals surface area contributed by atoms with E-state index in [1.54, 1.807) is 38.2 Å². The Morgan fingerprint density at radius 1 is 1.09 bits per heavy atom. The molecule has 0 fully saturated rings. The first-order valence-electron chi connectivity index (χ1n) is 10.7. The third kappa shape index (κ3) is 5.36. The summed E-state index contributed by atoms with van der Waals surface area (Å²) in [5, 5.41) is 2.63. The Balaban J connectivity index is 1.93. The van der Waals surface area contributed by atoms with Gasteiger partial charge in [0, 0.05) is 37.7 Å². The van der Waals surface area contributed by atoms with Gasteiger partial charge in [-0.1, -0.05) is 18.2 Å². The van der Waals surface area contributed by atoms with Crippen molar-refractivity contribution in [2.75, 3.05) is 45.8 Å². The molecule has 33 heavy (non-hydrogen) atoms. The van der Waals surface area contributed by atoms with E-state index in [4.69, 9.17) is 14.2 Å². The first-order chi connectivity index (χ1) is 15.9. The number of anilines is 1. The van der Waals surface area contributed by atoms with E-state index in [0.29, 0.717) is 41.3 Å². The zero-order valence-electron chi connectivity index (χ0n) is 19.3. The van der Waals surface area contributed by atoms with Gasteiger partial charge in [-0.25, -0.2) is 4.79 Å². The van der Waals surface area contributed by atoms with Crippen molar-refractivity contribution < 1.29 is 28.6 Å². The number of hydrogen-bond donors (Lipinski definition) is 1. The number of likely N-dealkylation sites (N-methyl/N-ethyl adjacent to an activating group) is 1. The second-order valence-electron chi connectivity index (χ2n) is 7.52. The van der Waals surface area contributed by atoms with Gasteiger partial charge in [-0.15, -0.1) is 0 Å². The summed E-state index contributed by atoms with van der Waals surface area (Å²) >= 11 is 0. The van der Waals surface area contributed by atoms with E-state index >= 15 is 0 Å². The van der Waals surface area contributed by atoms with Crippen molar-refractivity contribution in [1.29, 1.82) is 0 Å². The quantitative estimate of drug-likeness (QED) is 0.745. The van der Waals surface area contributed by atoms with Crippen LogP contribution in [0.25, 0.3) is 0 Å². The van der Waals surface area contributed by atoms with Gasteiger partial charge in [0.15, 0.2) is 11.5 Å². The predicted octanol–water partition coefficient (Wildman–Crippen LogP) is 3.00. The van der Waals surface area contributed by atoms with Crippen LogP contribution in [0.4, 0.5) is 10.5 Å². The van der Waals surface area contributed by atoms with Gasteiger partial charge in [0.1, 0.15) is 12.6 Å². The molecule has 0 radical (unpaired) electrons. The number of ether oxygens (including phenoxy) is 3. The maximum absolute atomic E-state index is 13.3. The second kappa shape index (κ2) is 10.7. The number of methoxy groups -OCH3 is 2. The zero-order valence-corrected chi connectivity index (χ0v) is 19.3. The Morgan fingerprint density at radius 2 is 1.82 bits per heavy atom. The van der Waals surface area contributed by atoms with E-state index in [-0.39, 0.29) is 24.9 Å². The Labute approximate surface area is 193 Å². The second-order valence-corrected chi connectivity index (χ2v) is 7.52. The fourth-order valence-electron chi connectivity index (χ4n) is 3.74. The minimum absolute atomic E-state index is 0.119. The van der Waals surface area contributed by atoms with Crippen LogP contribution in [0.5, 0.6) is 11.5 Å². The van der Waals surface area contributed by atoms with E-state index in [9.17, 15) is 14.4 Å². The summed E-state index contributed by atoms with van der Waals surface area (Å²) in [7, 11) is 4.66. The molecule has 0 saturated heterocycles.